The molecule has 5 heteroatoms. The lowest BCUT2D eigenvalue weighted by Crippen LogP contribution is -2.28. The maximum absolute atomic E-state index is 12.2. The van der Waals surface area contributed by atoms with E-state index in [9.17, 15) is 9.59 Å². The number of amides is 2. The number of aryl methyl sites for hydroxylation is 1. The van der Waals surface area contributed by atoms with Gasteiger partial charge in [-0.25, -0.2) is 0 Å². The summed E-state index contributed by atoms with van der Waals surface area (Å²) in [6, 6.07) is 13.2. The van der Waals surface area contributed by atoms with Crippen LogP contribution in [0.25, 0.3) is 0 Å². The van der Waals surface area contributed by atoms with Crippen LogP contribution in [-0.4, -0.2) is 18.4 Å². The molecule has 1 aliphatic heterocycles. The predicted octanol–water partition coefficient (Wildman–Crippen LogP) is 2.29. The fraction of sp³-hybridized carbons (Fsp3) is 0.176. The highest BCUT2D eigenvalue weighted by atomic mass is 16.2. The fourth-order valence-corrected chi connectivity index (χ4v) is 2.30. The molecule has 1 heterocycles. The zero-order chi connectivity index (χ0) is 15.5. The van der Waals surface area contributed by atoms with Crippen molar-refractivity contribution in [2.24, 2.45) is 0 Å². The number of hydrogen-bond donors (Lipinski definition) is 3. The third-order valence-corrected chi connectivity index (χ3v) is 3.57. The quantitative estimate of drug-likeness (QED) is 0.813. The van der Waals surface area contributed by atoms with Crippen molar-refractivity contribution in [3.05, 3.63) is 59.2 Å². The summed E-state index contributed by atoms with van der Waals surface area (Å²) in [7, 11) is 0. The van der Waals surface area contributed by atoms with Gasteiger partial charge in [0, 0.05) is 12.1 Å². The molecule has 0 bridgehead atoms. The zero-order valence-electron chi connectivity index (χ0n) is 12.3. The third kappa shape index (κ3) is 3.09. The van der Waals surface area contributed by atoms with Gasteiger partial charge in [-0.3, -0.25) is 9.59 Å². The van der Waals surface area contributed by atoms with E-state index in [4.69, 9.17) is 0 Å². The van der Waals surface area contributed by atoms with E-state index < -0.39 is 0 Å². The molecule has 0 saturated carbocycles. The topological polar surface area (TPSA) is 70.2 Å². The SMILES string of the molecule is Cc1ccc(CNC(=O)c2ccc3c(c2)NC(=O)CN3)cc1. The Labute approximate surface area is 128 Å². The van der Waals surface area contributed by atoms with Gasteiger partial charge in [-0.2, -0.15) is 0 Å². The van der Waals surface area contributed by atoms with E-state index in [-0.39, 0.29) is 18.4 Å². The summed E-state index contributed by atoms with van der Waals surface area (Å²) in [5.41, 5.74) is 4.23. The van der Waals surface area contributed by atoms with Gasteiger partial charge < -0.3 is 16.0 Å². The predicted molar refractivity (Wildman–Crippen MR) is 85.9 cm³/mol. The minimum Gasteiger partial charge on any atom is -0.374 e. The number of rotatable bonds is 3. The molecule has 2 aromatic carbocycles. The van der Waals surface area contributed by atoms with E-state index in [0.29, 0.717) is 17.8 Å². The van der Waals surface area contributed by atoms with Crippen LogP contribution in [-0.2, 0) is 11.3 Å². The molecule has 0 atom stereocenters. The van der Waals surface area contributed by atoms with Crippen molar-refractivity contribution in [2.45, 2.75) is 13.5 Å². The smallest absolute Gasteiger partial charge is 0.251 e. The molecule has 0 aromatic heterocycles. The molecule has 0 aliphatic carbocycles. The van der Waals surface area contributed by atoms with Gasteiger partial charge >= 0.3 is 0 Å². The third-order valence-electron chi connectivity index (χ3n) is 3.57. The van der Waals surface area contributed by atoms with Crippen LogP contribution in [0.1, 0.15) is 21.5 Å². The lowest BCUT2D eigenvalue weighted by Gasteiger charge is -2.19. The van der Waals surface area contributed by atoms with Gasteiger partial charge in [0.25, 0.3) is 5.91 Å². The van der Waals surface area contributed by atoms with Crippen LogP contribution in [0.3, 0.4) is 0 Å². The summed E-state index contributed by atoms with van der Waals surface area (Å²) in [6.45, 7) is 2.75. The van der Waals surface area contributed by atoms with E-state index in [0.717, 1.165) is 11.3 Å². The summed E-state index contributed by atoms with van der Waals surface area (Å²) in [5.74, 6) is -0.270. The van der Waals surface area contributed by atoms with Crippen LogP contribution in [0, 0.1) is 6.92 Å². The highest BCUT2D eigenvalue weighted by molar-refractivity contribution is 6.03. The second kappa shape index (κ2) is 5.89. The molecule has 0 fully saturated rings. The molecule has 0 spiro atoms. The van der Waals surface area contributed by atoms with Crippen LogP contribution >= 0.6 is 0 Å². The number of anilines is 2. The van der Waals surface area contributed by atoms with Crippen LogP contribution in [0.5, 0.6) is 0 Å². The first-order chi connectivity index (χ1) is 10.6. The van der Waals surface area contributed by atoms with Gasteiger partial charge in [-0.1, -0.05) is 29.8 Å². The van der Waals surface area contributed by atoms with Gasteiger partial charge in [0.05, 0.1) is 17.9 Å². The fourth-order valence-electron chi connectivity index (χ4n) is 2.30. The van der Waals surface area contributed by atoms with Crippen molar-refractivity contribution in [1.82, 2.24) is 5.32 Å². The first-order valence-corrected chi connectivity index (χ1v) is 7.13. The van der Waals surface area contributed by atoms with E-state index in [1.165, 1.54) is 5.56 Å². The second-order valence-corrected chi connectivity index (χ2v) is 5.33. The van der Waals surface area contributed by atoms with Crippen molar-refractivity contribution in [3.8, 4) is 0 Å². The number of carbonyl (C=O) groups is 2. The van der Waals surface area contributed by atoms with Gasteiger partial charge in [-0.05, 0) is 30.7 Å². The molecule has 2 aromatic rings. The van der Waals surface area contributed by atoms with Crippen LogP contribution in [0.4, 0.5) is 11.4 Å². The summed E-state index contributed by atoms with van der Waals surface area (Å²) in [6.07, 6.45) is 0. The molecule has 112 valence electrons. The molecule has 0 radical (unpaired) electrons. The molecular formula is C17H17N3O2. The van der Waals surface area contributed by atoms with Gasteiger partial charge in [0.1, 0.15) is 0 Å². The largest absolute Gasteiger partial charge is 0.374 e. The standard InChI is InChI=1S/C17H17N3O2/c1-11-2-4-12(5-3-11)9-19-17(22)13-6-7-14-15(8-13)20-16(21)10-18-14/h2-8,18H,9-10H2,1H3,(H,19,22)(H,20,21). The van der Waals surface area contributed by atoms with Gasteiger partial charge in [-0.15, -0.1) is 0 Å². The molecule has 22 heavy (non-hydrogen) atoms. The van der Waals surface area contributed by atoms with Gasteiger partial charge in [0.2, 0.25) is 5.91 Å². The number of carbonyl (C=O) groups excluding carboxylic acids is 2. The lowest BCUT2D eigenvalue weighted by molar-refractivity contribution is -0.114. The molecule has 3 N–H and O–H groups in total. The number of benzene rings is 2. The first kappa shape index (κ1) is 14.1. The Morgan fingerprint density at radius 3 is 2.68 bits per heavy atom. The van der Waals surface area contributed by atoms with Crippen LogP contribution < -0.4 is 16.0 Å². The second-order valence-electron chi connectivity index (χ2n) is 5.33. The monoisotopic (exact) mass is 295 g/mol. The number of nitrogens with one attached hydrogen (secondary N) is 3. The van der Waals surface area contributed by atoms with E-state index in [2.05, 4.69) is 16.0 Å². The van der Waals surface area contributed by atoms with Crippen molar-refractivity contribution < 1.29 is 9.59 Å². The summed E-state index contributed by atoms with van der Waals surface area (Å²) < 4.78 is 0. The van der Waals surface area contributed by atoms with E-state index in [1.807, 2.05) is 31.2 Å². The van der Waals surface area contributed by atoms with Crippen LogP contribution in [0.2, 0.25) is 0 Å². The van der Waals surface area contributed by atoms with Crippen LogP contribution in [0.15, 0.2) is 42.5 Å². The summed E-state index contributed by atoms with van der Waals surface area (Å²) in [4.78, 5) is 23.6. The highest BCUT2D eigenvalue weighted by Crippen LogP contribution is 2.25. The average molecular weight is 295 g/mol. The maximum Gasteiger partial charge on any atom is 0.251 e. The maximum atomic E-state index is 12.2. The molecule has 2 amide bonds. The normalized spacial score (nSPS) is 12.9. The lowest BCUT2D eigenvalue weighted by atomic mass is 10.1. The first-order valence-electron chi connectivity index (χ1n) is 7.13. The molecule has 3 rings (SSSR count). The number of fused-ring (bicyclic) bond motifs is 1. The molecule has 1 aliphatic rings. The van der Waals surface area contributed by atoms with Crippen molar-refractivity contribution in [1.29, 1.82) is 0 Å². The zero-order valence-corrected chi connectivity index (χ0v) is 12.3. The van der Waals surface area contributed by atoms with Crippen molar-refractivity contribution in [3.63, 3.8) is 0 Å². The molecule has 0 saturated heterocycles. The Kier molecular flexibility index (Phi) is 3.78. The summed E-state index contributed by atoms with van der Waals surface area (Å²) >= 11 is 0. The minimum atomic E-state index is -0.164. The van der Waals surface area contributed by atoms with E-state index >= 15 is 0 Å². The van der Waals surface area contributed by atoms with Crippen molar-refractivity contribution in [2.75, 3.05) is 17.2 Å². The Morgan fingerprint density at radius 2 is 1.91 bits per heavy atom. The minimum absolute atomic E-state index is 0.107. The molecule has 0 unspecified atom stereocenters. The van der Waals surface area contributed by atoms with Gasteiger partial charge in [0.15, 0.2) is 0 Å². The number of hydrogen-bond acceptors (Lipinski definition) is 3. The Hall–Kier alpha value is -2.82. The Balaban J connectivity index is 1.68. The average Bonchev–Trinajstić information content (AvgIpc) is 2.53. The molecular weight excluding hydrogens is 278 g/mol. The van der Waals surface area contributed by atoms with E-state index in [1.54, 1.807) is 18.2 Å². The summed E-state index contributed by atoms with van der Waals surface area (Å²) in [5, 5.41) is 8.63. The Bertz CT molecular complexity index is 723. The van der Waals surface area contributed by atoms with Crippen molar-refractivity contribution >= 4 is 23.2 Å². The molecule has 5 nitrogen and oxygen atoms in total. The highest BCUT2D eigenvalue weighted by Gasteiger charge is 2.16. The Morgan fingerprint density at radius 1 is 1.14 bits per heavy atom.